The summed E-state index contributed by atoms with van der Waals surface area (Å²) in [7, 11) is 0. The molecule has 0 N–H and O–H groups in total. The maximum absolute atomic E-state index is 3.85. The first-order valence-electron chi connectivity index (χ1n) is 6.62. The molecule has 0 heterocycles. The van der Waals surface area contributed by atoms with Crippen molar-refractivity contribution in [1.82, 2.24) is 0 Å². The average Bonchev–Trinajstić information content (AvgIpc) is 2.31. The molecule has 0 aliphatic heterocycles. The second kappa shape index (κ2) is 14.2. The van der Waals surface area contributed by atoms with E-state index in [4.69, 9.17) is 0 Å². The quantitative estimate of drug-likeness (QED) is 0.330. The van der Waals surface area contributed by atoms with Gasteiger partial charge < -0.3 is 0 Å². The zero-order valence-electron chi connectivity index (χ0n) is 10.8. The summed E-state index contributed by atoms with van der Waals surface area (Å²) in [5, 5.41) is 0. The molecular formula is C16H27. The molecule has 0 spiro atoms. The molecule has 0 saturated heterocycles. The van der Waals surface area contributed by atoms with Crippen molar-refractivity contribution < 1.29 is 0 Å². The van der Waals surface area contributed by atoms with Crippen molar-refractivity contribution in [3.05, 3.63) is 43.4 Å². The molecule has 1 radical (unpaired) electrons. The number of unbranched alkanes of at least 4 members (excludes halogenated alkanes) is 5. The van der Waals surface area contributed by atoms with Gasteiger partial charge in [-0.3, -0.25) is 0 Å². The van der Waals surface area contributed by atoms with Crippen molar-refractivity contribution in [2.45, 2.75) is 58.3 Å². The molecule has 0 saturated carbocycles. The van der Waals surface area contributed by atoms with Crippen LogP contribution in [0.5, 0.6) is 0 Å². The van der Waals surface area contributed by atoms with E-state index in [-0.39, 0.29) is 0 Å². The highest BCUT2D eigenvalue weighted by molar-refractivity contribution is 4.96. The van der Waals surface area contributed by atoms with Gasteiger partial charge in [-0.25, -0.2) is 0 Å². The smallest absolute Gasteiger partial charge is 0.0169 e. The topological polar surface area (TPSA) is 0 Å². The molecule has 91 valence electrons. The lowest BCUT2D eigenvalue weighted by Crippen LogP contribution is -1.75. The first-order valence-corrected chi connectivity index (χ1v) is 6.62. The third-order valence-electron chi connectivity index (χ3n) is 2.48. The van der Waals surface area contributed by atoms with Crippen LogP contribution in [0.15, 0.2) is 36.5 Å². The standard InChI is InChI=1S/C16H27/c1-3-5-7-9-11-13-15-16-14-12-10-8-6-4-2/h4,6,10,12,15-16H,1,3,5,7-9,11,13-14H2,2H3/b6-4+,12-10+,16-15+. The number of rotatable bonds is 10. The molecule has 0 fully saturated rings. The Hall–Kier alpha value is -0.780. The Labute approximate surface area is 102 Å². The lowest BCUT2D eigenvalue weighted by atomic mass is 10.1. The van der Waals surface area contributed by atoms with Crippen molar-refractivity contribution >= 4 is 0 Å². The molecule has 16 heavy (non-hydrogen) atoms. The van der Waals surface area contributed by atoms with Crippen molar-refractivity contribution in [3.8, 4) is 0 Å². The fraction of sp³-hybridized carbons (Fsp3) is 0.562. The highest BCUT2D eigenvalue weighted by Crippen LogP contribution is 2.05. The summed E-state index contributed by atoms with van der Waals surface area (Å²) in [6.07, 6.45) is 23.1. The molecule has 0 nitrogen and oxygen atoms in total. The van der Waals surface area contributed by atoms with E-state index in [2.05, 4.69) is 50.3 Å². The molecule has 0 bridgehead atoms. The van der Waals surface area contributed by atoms with Gasteiger partial charge in [0.05, 0.1) is 0 Å². The third kappa shape index (κ3) is 13.2. The third-order valence-corrected chi connectivity index (χ3v) is 2.48. The van der Waals surface area contributed by atoms with E-state index in [9.17, 15) is 0 Å². The van der Waals surface area contributed by atoms with Crippen LogP contribution in [0.25, 0.3) is 0 Å². The van der Waals surface area contributed by atoms with Crippen molar-refractivity contribution in [2.75, 3.05) is 0 Å². The Morgan fingerprint density at radius 3 is 2.06 bits per heavy atom. The van der Waals surface area contributed by atoms with Gasteiger partial charge in [0.25, 0.3) is 0 Å². The Kier molecular flexibility index (Phi) is 13.5. The molecule has 0 aromatic heterocycles. The first kappa shape index (κ1) is 15.2. The van der Waals surface area contributed by atoms with Gasteiger partial charge in [-0.15, -0.1) is 0 Å². The molecular weight excluding hydrogens is 192 g/mol. The summed E-state index contributed by atoms with van der Waals surface area (Å²) in [4.78, 5) is 0. The molecule has 0 unspecified atom stereocenters. The number of hydrogen-bond acceptors (Lipinski definition) is 0. The number of hydrogen-bond donors (Lipinski definition) is 0. The van der Waals surface area contributed by atoms with Gasteiger partial charge in [-0.05, 0) is 32.6 Å². The Balaban J connectivity index is 3.18. The maximum Gasteiger partial charge on any atom is -0.0169 e. The Bertz CT molecular complexity index is 196. The second-order valence-corrected chi connectivity index (χ2v) is 4.04. The van der Waals surface area contributed by atoms with E-state index in [1.165, 1.54) is 32.1 Å². The van der Waals surface area contributed by atoms with Crippen LogP contribution in [0.2, 0.25) is 0 Å². The average molecular weight is 219 g/mol. The SMILES string of the molecule is [CH2]CCCCCC/C=C/C/C=C/C/C=C/C. The molecule has 0 aromatic carbocycles. The zero-order valence-corrected chi connectivity index (χ0v) is 10.8. The van der Waals surface area contributed by atoms with Gasteiger partial charge in [0.2, 0.25) is 0 Å². The number of allylic oxidation sites excluding steroid dienone is 6. The van der Waals surface area contributed by atoms with E-state index in [0.717, 1.165) is 19.3 Å². The van der Waals surface area contributed by atoms with Gasteiger partial charge in [0.15, 0.2) is 0 Å². The molecule has 0 aliphatic rings. The van der Waals surface area contributed by atoms with Crippen LogP contribution < -0.4 is 0 Å². The Morgan fingerprint density at radius 2 is 1.38 bits per heavy atom. The van der Waals surface area contributed by atoms with Crippen LogP contribution in [0.3, 0.4) is 0 Å². The molecule has 0 rings (SSSR count). The second-order valence-electron chi connectivity index (χ2n) is 4.04. The van der Waals surface area contributed by atoms with E-state index < -0.39 is 0 Å². The zero-order chi connectivity index (χ0) is 11.9. The van der Waals surface area contributed by atoms with Crippen LogP contribution in [0.4, 0.5) is 0 Å². The van der Waals surface area contributed by atoms with E-state index in [0.29, 0.717) is 0 Å². The van der Waals surface area contributed by atoms with Gasteiger partial charge in [-0.2, -0.15) is 0 Å². The first-order chi connectivity index (χ1) is 7.91. The van der Waals surface area contributed by atoms with Crippen LogP contribution >= 0.6 is 0 Å². The summed E-state index contributed by atoms with van der Waals surface area (Å²) in [5.74, 6) is 0. The van der Waals surface area contributed by atoms with Crippen molar-refractivity contribution in [2.24, 2.45) is 0 Å². The monoisotopic (exact) mass is 219 g/mol. The van der Waals surface area contributed by atoms with E-state index in [1.54, 1.807) is 0 Å². The molecule has 0 amide bonds. The van der Waals surface area contributed by atoms with Crippen LogP contribution in [-0.2, 0) is 0 Å². The lowest BCUT2D eigenvalue weighted by molar-refractivity contribution is 0.651. The largest absolute Gasteiger partial charge is 0.0914 e. The maximum atomic E-state index is 3.85. The van der Waals surface area contributed by atoms with Gasteiger partial charge in [0.1, 0.15) is 0 Å². The molecule has 0 aromatic rings. The highest BCUT2D eigenvalue weighted by Gasteiger charge is 1.85. The normalized spacial score (nSPS) is 12.4. The summed E-state index contributed by atoms with van der Waals surface area (Å²) in [6.45, 7) is 5.91. The molecule has 0 heteroatoms. The minimum Gasteiger partial charge on any atom is -0.0914 e. The Morgan fingerprint density at radius 1 is 0.750 bits per heavy atom. The van der Waals surface area contributed by atoms with E-state index >= 15 is 0 Å². The minimum absolute atomic E-state index is 1.06. The predicted octanol–water partition coefficient (Wildman–Crippen LogP) is 5.63. The predicted molar refractivity (Wildman–Crippen MR) is 75.4 cm³/mol. The minimum atomic E-state index is 1.06. The van der Waals surface area contributed by atoms with Crippen LogP contribution in [0.1, 0.15) is 58.3 Å². The fourth-order valence-electron chi connectivity index (χ4n) is 1.49. The van der Waals surface area contributed by atoms with Gasteiger partial charge in [-0.1, -0.05) is 69.1 Å². The van der Waals surface area contributed by atoms with E-state index in [1.807, 2.05) is 0 Å². The van der Waals surface area contributed by atoms with Crippen LogP contribution in [-0.4, -0.2) is 0 Å². The van der Waals surface area contributed by atoms with Crippen molar-refractivity contribution in [3.63, 3.8) is 0 Å². The molecule has 0 aliphatic carbocycles. The van der Waals surface area contributed by atoms with Crippen molar-refractivity contribution in [1.29, 1.82) is 0 Å². The molecule has 0 atom stereocenters. The summed E-state index contributed by atoms with van der Waals surface area (Å²) in [6, 6.07) is 0. The highest BCUT2D eigenvalue weighted by atomic mass is 13.9. The van der Waals surface area contributed by atoms with Crippen LogP contribution in [0, 0.1) is 6.92 Å². The van der Waals surface area contributed by atoms with Gasteiger partial charge in [0, 0.05) is 0 Å². The fourth-order valence-corrected chi connectivity index (χ4v) is 1.49. The van der Waals surface area contributed by atoms with Gasteiger partial charge >= 0.3 is 0 Å². The lowest BCUT2D eigenvalue weighted by Gasteiger charge is -1.95. The summed E-state index contributed by atoms with van der Waals surface area (Å²) < 4.78 is 0. The summed E-state index contributed by atoms with van der Waals surface area (Å²) >= 11 is 0. The summed E-state index contributed by atoms with van der Waals surface area (Å²) in [5.41, 5.74) is 0.